The second-order valence-corrected chi connectivity index (χ2v) is 6.35. The molecular weight excluding hydrogens is 298 g/mol. The molecule has 0 saturated heterocycles. The van der Waals surface area contributed by atoms with Crippen LogP contribution in [0.3, 0.4) is 0 Å². The molecule has 1 aliphatic rings. The number of aromatic amines is 1. The largest absolute Gasteiger partial charge is 0.353 e. The molecule has 0 bridgehead atoms. The lowest BCUT2D eigenvalue weighted by molar-refractivity contribution is 0.0961. The third kappa shape index (κ3) is 1.28. The van der Waals surface area contributed by atoms with E-state index in [0.717, 1.165) is 44.1 Å². The van der Waals surface area contributed by atoms with Crippen LogP contribution in [0, 0.1) is 0 Å². The summed E-state index contributed by atoms with van der Waals surface area (Å²) >= 11 is 0. The molecule has 6 rings (SSSR count). The second kappa shape index (κ2) is 3.97. The fraction of sp³-hybridized carbons (Fsp3) is 0.0500. The average Bonchev–Trinajstić information content (AvgIpc) is 3.27. The van der Waals surface area contributed by atoms with E-state index < -0.39 is 0 Å². The Bertz CT molecular complexity index is 1320. The molecule has 4 nitrogen and oxygen atoms in total. The number of nitrogens with zero attached hydrogens (tertiary/aromatic N) is 1. The molecule has 0 spiro atoms. The van der Waals surface area contributed by atoms with E-state index in [4.69, 9.17) is 0 Å². The van der Waals surface area contributed by atoms with Crippen LogP contribution in [0.15, 0.2) is 54.6 Å². The van der Waals surface area contributed by atoms with Crippen molar-refractivity contribution in [2.24, 2.45) is 0 Å². The number of para-hydroxylation sites is 2. The molecule has 2 N–H and O–H groups in total. The van der Waals surface area contributed by atoms with Crippen molar-refractivity contribution in [3.8, 4) is 0 Å². The minimum atomic E-state index is 0.00327. The van der Waals surface area contributed by atoms with Crippen molar-refractivity contribution < 1.29 is 4.79 Å². The van der Waals surface area contributed by atoms with E-state index in [9.17, 15) is 4.79 Å². The number of rotatable bonds is 0. The normalized spacial score (nSPS) is 14.1. The number of nitrogens with one attached hydrogen (secondary N) is 2. The predicted molar refractivity (Wildman–Crippen MR) is 95.4 cm³/mol. The minimum absolute atomic E-state index is 0.00327. The molecule has 0 radical (unpaired) electrons. The van der Waals surface area contributed by atoms with Gasteiger partial charge >= 0.3 is 0 Å². The Kier molecular flexibility index (Phi) is 2.02. The monoisotopic (exact) mass is 311 g/mol. The lowest BCUT2D eigenvalue weighted by atomic mass is 10.1. The molecular formula is C20H13N3O. The highest BCUT2D eigenvalue weighted by molar-refractivity contribution is 6.19. The van der Waals surface area contributed by atoms with Crippen molar-refractivity contribution in [3.63, 3.8) is 0 Å². The van der Waals surface area contributed by atoms with Gasteiger partial charge in [-0.1, -0.05) is 36.4 Å². The smallest absolute Gasteiger partial charge is 0.268 e. The molecule has 3 aromatic heterocycles. The van der Waals surface area contributed by atoms with E-state index in [0.29, 0.717) is 6.54 Å². The maximum Gasteiger partial charge on any atom is 0.268 e. The van der Waals surface area contributed by atoms with Gasteiger partial charge in [-0.05, 0) is 18.2 Å². The zero-order chi connectivity index (χ0) is 15.8. The average molecular weight is 311 g/mol. The van der Waals surface area contributed by atoms with E-state index in [-0.39, 0.29) is 5.91 Å². The Morgan fingerprint density at radius 2 is 1.79 bits per heavy atom. The summed E-state index contributed by atoms with van der Waals surface area (Å²) in [6, 6.07) is 18.7. The lowest BCUT2D eigenvalue weighted by Gasteiger charge is -2.07. The first-order valence-electron chi connectivity index (χ1n) is 8.06. The molecule has 0 saturated carbocycles. The van der Waals surface area contributed by atoms with E-state index >= 15 is 0 Å². The van der Waals surface area contributed by atoms with Gasteiger partial charge in [0.05, 0.1) is 16.6 Å². The predicted octanol–water partition coefficient (Wildman–Crippen LogP) is 3.97. The van der Waals surface area contributed by atoms with Gasteiger partial charge in [-0.3, -0.25) is 4.79 Å². The molecule has 4 heterocycles. The summed E-state index contributed by atoms with van der Waals surface area (Å²) in [6.07, 6.45) is 0. The number of H-pyrrole nitrogens is 1. The SMILES string of the molecule is O=C1NCc2c1n1c3ccccc3cc1c1[nH]c3ccccc3c21. The van der Waals surface area contributed by atoms with Crippen molar-refractivity contribution in [3.05, 3.63) is 65.9 Å². The zero-order valence-corrected chi connectivity index (χ0v) is 12.8. The lowest BCUT2D eigenvalue weighted by Crippen LogP contribution is -2.14. The molecule has 114 valence electrons. The third-order valence-corrected chi connectivity index (χ3v) is 5.13. The number of carbonyl (C=O) groups is 1. The number of benzene rings is 2. The van der Waals surface area contributed by atoms with Gasteiger partial charge in [0.2, 0.25) is 0 Å². The first-order chi connectivity index (χ1) is 11.8. The van der Waals surface area contributed by atoms with Gasteiger partial charge in [-0.15, -0.1) is 0 Å². The third-order valence-electron chi connectivity index (χ3n) is 5.13. The van der Waals surface area contributed by atoms with Crippen molar-refractivity contribution in [1.29, 1.82) is 0 Å². The summed E-state index contributed by atoms with van der Waals surface area (Å²) in [4.78, 5) is 16.1. The number of pyridine rings is 1. The van der Waals surface area contributed by atoms with Crippen LogP contribution in [0.2, 0.25) is 0 Å². The van der Waals surface area contributed by atoms with E-state index in [1.54, 1.807) is 0 Å². The Morgan fingerprint density at radius 3 is 2.75 bits per heavy atom. The van der Waals surface area contributed by atoms with Gasteiger partial charge in [-0.2, -0.15) is 0 Å². The van der Waals surface area contributed by atoms with Gasteiger partial charge in [0.1, 0.15) is 5.69 Å². The van der Waals surface area contributed by atoms with Crippen molar-refractivity contribution in [1.82, 2.24) is 14.7 Å². The van der Waals surface area contributed by atoms with E-state index in [2.05, 4.69) is 45.0 Å². The standard InChI is InChI=1S/C20H13N3O/c24-20-19-13(10-21-20)17-12-6-2-3-7-14(12)22-18(17)16-9-11-5-1-4-8-15(11)23(16)19/h1-9,22H,10H2,(H,21,24). The van der Waals surface area contributed by atoms with Crippen LogP contribution in [0.1, 0.15) is 16.1 Å². The van der Waals surface area contributed by atoms with Crippen molar-refractivity contribution in [2.45, 2.75) is 6.54 Å². The highest BCUT2D eigenvalue weighted by Crippen LogP contribution is 2.37. The molecule has 0 unspecified atom stereocenters. The quantitative estimate of drug-likeness (QED) is 0.447. The number of amides is 1. The van der Waals surface area contributed by atoms with Crippen LogP contribution in [-0.2, 0) is 6.54 Å². The van der Waals surface area contributed by atoms with Gasteiger partial charge in [0, 0.05) is 33.8 Å². The maximum atomic E-state index is 12.6. The maximum absolute atomic E-state index is 12.6. The Morgan fingerprint density at radius 1 is 0.958 bits per heavy atom. The number of hydrogen-bond donors (Lipinski definition) is 2. The molecule has 24 heavy (non-hydrogen) atoms. The highest BCUT2D eigenvalue weighted by Gasteiger charge is 2.28. The first-order valence-corrected chi connectivity index (χ1v) is 8.06. The van der Waals surface area contributed by atoms with E-state index in [1.165, 1.54) is 5.39 Å². The molecule has 5 aromatic rings. The number of aromatic nitrogens is 2. The summed E-state index contributed by atoms with van der Waals surface area (Å²) in [5, 5.41) is 6.48. The van der Waals surface area contributed by atoms with Gasteiger partial charge in [-0.25, -0.2) is 0 Å². The molecule has 1 aliphatic heterocycles. The summed E-state index contributed by atoms with van der Waals surface area (Å²) in [7, 11) is 0. The van der Waals surface area contributed by atoms with Crippen LogP contribution in [0.25, 0.3) is 38.2 Å². The summed E-state index contributed by atoms with van der Waals surface area (Å²) in [6.45, 7) is 0.578. The Labute approximate surface area is 136 Å². The van der Waals surface area contributed by atoms with Gasteiger partial charge < -0.3 is 14.7 Å². The summed E-state index contributed by atoms with van der Waals surface area (Å²) in [5.74, 6) is 0.00327. The number of fused-ring (bicyclic) bond motifs is 10. The fourth-order valence-electron chi connectivity index (χ4n) is 4.14. The van der Waals surface area contributed by atoms with Crippen LogP contribution in [-0.4, -0.2) is 15.3 Å². The summed E-state index contributed by atoms with van der Waals surface area (Å²) < 4.78 is 2.10. The van der Waals surface area contributed by atoms with Gasteiger partial charge in [0.25, 0.3) is 5.91 Å². The van der Waals surface area contributed by atoms with Crippen molar-refractivity contribution in [2.75, 3.05) is 0 Å². The first kappa shape index (κ1) is 12.2. The topological polar surface area (TPSA) is 49.3 Å². The molecule has 4 heteroatoms. The molecule has 2 aromatic carbocycles. The molecule has 1 amide bonds. The minimum Gasteiger partial charge on any atom is -0.353 e. The Hall–Kier alpha value is -3.27. The summed E-state index contributed by atoms with van der Waals surface area (Å²) in [5.41, 5.74) is 6.18. The van der Waals surface area contributed by atoms with Crippen LogP contribution < -0.4 is 5.32 Å². The zero-order valence-electron chi connectivity index (χ0n) is 12.8. The molecule has 0 fully saturated rings. The molecule has 0 aliphatic carbocycles. The Balaban J connectivity index is 2.01. The highest BCUT2D eigenvalue weighted by atomic mass is 16.2. The van der Waals surface area contributed by atoms with Crippen LogP contribution >= 0.6 is 0 Å². The number of hydrogen-bond acceptors (Lipinski definition) is 1. The van der Waals surface area contributed by atoms with E-state index in [1.807, 2.05) is 24.3 Å². The second-order valence-electron chi connectivity index (χ2n) is 6.35. The van der Waals surface area contributed by atoms with Crippen LogP contribution in [0.5, 0.6) is 0 Å². The van der Waals surface area contributed by atoms with Crippen LogP contribution in [0.4, 0.5) is 0 Å². The van der Waals surface area contributed by atoms with Crippen molar-refractivity contribution >= 4 is 44.1 Å². The fourth-order valence-corrected chi connectivity index (χ4v) is 4.14. The number of carbonyl (C=O) groups excluding carboxylic acids is 1. The van der Waals surface area contributed by atoms with Gasteiger partial charge in [0.15, 0.2) is 0 Å². The molecule has 0 atom stereocenters.